The number of nitrogens with zero attached hydrogens (tertiary/aromatic N) is 4. The number of fused-ring (bicyclic) bond motifs is 1. The topological polar surface area (TPSA) is 112 Å². The van der Waals surface area contributed by atoms with Crippen LogP contribution >= 0.6 is 0 Å². The Kier molecular flexibility index (Phi) is 5.30. The average Bonchev–Trinajstić information content (AvgIpc) is 3.27. The number of ether oxygens (including phenoxy) is 1. The molecule has 1 N–H and O–H groups in total. The van der Waals surface area contributed by atoms with Crippen LogP contribution < -0.4 is 10.1 Å². The van der Waals surface area contributed by atoms with Gasteiger partial charge in [0.1, 0.15) is 11.8 Å². The highest BCUT2D eigenvalue weighted by atomic mass is 19.4. The van der Waals surface area contributed by atoms with Crippen molar-refractivity contribution >= 4 is 17.4 Å². The fraction of sp³-hybridized carbons (Fsp3) is 0.261. The second kappa shape index (κ2) is 8.22. The molecule has 2 aliphatic rings. The number of carbonyl (C=O) groups is 1. The van der Waals surface area contributed by atoms with Gasteiger partial charge in [0.2, 0.25) is 5.95 Å². The summed E-state index contributed by atoms with van der Waals surface area (Å²) in [7, 11) is 1.54. The summed E-state index contributed by atoms with van der Waals surface area (Å²) >= 11 is 0. The quantitative estimate of drug-likeness (QED) is 0.424. The Hall–Kier alpha value is -4.22. The number of alkyl halides is 3. The molecule has 1 aromatic heterocycles. The highest BCUT2D eigenvalue weighted by Crippen LogP contribution is 2.45. The van der Waals surface area contributed by atoms with Crippen LogP contribution in [0.2, 0.25) is 0 Å². The smallest absolute Gasteiger partial charge is 0.453 e. The number of non-ortho nitro benzene ring substituents is 1. The van der Waals surface area contributed by atoms with Crippen LogP contribution in [0.3, 0.4) is 0 Å². The van der Waals surface area contributed by atoms with Crippen LogP contribution in [-0.4, -0.2) is 32.6 Å². The first-order chi connectivity index (χ1) is 16.7. The second-order valence-corrected chi connectivity index (χ2v) is 8.27. The molecule has 0 saturated heterocycles. The fourth-order valence-corrected chi connectivity index (χ4v) is 4.56. The molecule has 9 nitrogen and oxygen atoms in total. The summed E-state index contributed by atoms with van der Waals surface area (Å²) in [5.74, 6) is -1.40. The van der Waals surface area contributed by atoms with E-state index in [4.69, 9.17) is 4.74 Å². The Morgan fingerprint density at radius 3 is 2.54 bits per heavy atom. The lowest BCUT2D eigenvalue weighted by Gasteiger charge is -2.35. The standard InChI is InChI=1S/C23H18F3N5O4/c1-35-16-7-5-12(6-8-16)14-10-17-19(18(32)11-14)20(13-3-2-4-15(9-13)31(33)34)30-22(27-17)28-21(29-30)23(24,25)26/h2-9,14,20H,10-11H2,1H3,(H,27,28,29)/t14-,20-/m1/s1. The van der Waals surface area contributed by atoms with Gasteiger partial charge in [0, 0.05) is 29.8 Å². The molecular formula is C23H18F3N5O4. The lowest BCUT2D eigenvalue weighted by Crippen LogP contribution is -2.33. The Morgan fingerprint density at radius 1 is 1.14 bits per heavy atom. The van der Waals surface area contributed by atoms with Crippen molar-refractivity contribution in [2.75, 3.05) is 12.4 Å². The average molecular weight is 485 g/mol. The van der Waals surface area contributed by atoms with Gasteiger partial charge in [0.25, 0.3) is 11.5 Å². The molecule has 0 bridgehead atoms. The zero-order valence-corrected chi connectivity index (χ0v) is 18.2. The van der Waals surface area contributed by atoms with Crippen LogP contribution in [0.25, 0.3) is 0 Å². The number of halogens is 3. The molecule has 35 heavy (non-hydrogen) atoms. The van der Waals surface area contributed by atoms with E-state index in [2.05, 4.69) is 15.4 Å². The predicted octanol–water partition coefficient (Wildman–Crippen LogP) is 4.63. The number of hydrogen-bond acceptors (Lipinski definition) is 7. The van der Waals surface area contributed by atoms with Crippen molar-refractivity contribution in [3.05, 3.63) is 86.9 Å². The maximum absolute atomic E-state index is 13.4. The molecule has 0 unspecified atom stereocenters. The van der Waals surface area contributed by atoms with Crippen molar-refractivity contribution in [3.8, 4) is 5.75 Å². The molecule has 5 rings (SSSR count). The summed E-state index contributed by atoms with van der Waals surface area (Å²) in [6, 6.07) is 11.6. The maximum Gasteiger partial charge on any atom is 0.453 e. The highest BCUT2D eigenvalue weighted by Gasteiger charge is 2.43. The first kappa shape index (κ1) is 22.6. The molecule has 0 radical (unpaired) electrons. The third-order valence-electron chi connectivity index (χ3n) is 6.16. The molecule has 2 aromatic carbocycles. The number of aromatic nitrogens is 3. The number of nitro benzene ring substituents is 1. The van der Waals surface area contributed by atoms with Crippen molar-refractivity contribution in [1.29, 1.82) is 0 Å². The maximum atomic E-state index is 13.4. The van der Waals surface area contributed by atoms with Crippen molar-refractivity contribution in [3.63, 3.8) is 0 Å². The molecule has 2 heterocycles. The molecule has 12 heteroatoms. The van der Waals surface area contributed by atoms with E-state index in [9.17, 15) is 28.1 Å². The number of anilines is 1. The number of ketones is 1. The molecule has 1 aliphatic carbocycles. The minimum absolute atomic E-state index is 0.119. The fourth-order valence-electron chi connectivity index (χ4n) is 4.56. The van der Waals surface area contributed by atoms with Gasteiger partial charge < -0.3 is 10.1 Å². The lowest BCUT2D eigenvalue weighted by molar-refractivity contribution is -0.384. The number of methoxy groups -OCH3 is 1. The normalized spacial score (nSPS) is 19.6. The van der Waals surface area contributed by atoms with Crippen LogP contribution in [0.15, 0.2) is 59.8 Å². The van der Waals surface area contributed by atoms with Crippen molar-refractivity contribution in [2.24, 2.45) is 0 Å². The van der Waals surface area contributed by atoms with E-state index in [0.717, 1.165) is 10.2 Å². The van der Waals surface area contributed by atoms with E-state index in [1.165, 1.54) is 24.3 Å². The summed E-state index contributed by atoms with van der Waals surface area (Å²) in [5, 5.41) is 17.8. The van der Waals surface area contributed by atoms with E-state index in [-0.39, 0.29) is 40.9 Å². The van der Waals surface area contributed by atoms with E-state index >= 15 is 0 Å². The molecule has 1 aliphatic heterocycles. The molecular weight excluding hydrogens is 467 g/mol. The molecule has 0 amide bonds. The largest absolute Gasteiger partial charge is 0.497 e. The molecule has 2 atom stereocenters. The molecule has 180 valence electrons. The first-order valence-corrected chi connectivity index (χ1v) is 10.6. The van der Waals surface area contributed by atoms with Gasteiger partial charge in [-0.2, -0.15) is 18.2 Å². The predicted molar refractivity (Wildman–Crippen MR) is 117 cm³/mol. The van der Waals surface area contributed by atoms with Crippen LogP contribution in [-0.2, 0) is 11.0 Å². The Labute approximate surface area is 196 Å². The summed E-state index contributed by atoms with van der Waals surface area (Å²) in [6.45, 7) is 0. The number of carbonyl (C=O) groups excluding carboxylic acids is 1. The van der Waals surface area contributed by atoms with Crippen LogP contribution in [0.4, 0.5) is 24.8 Å². The zero-order chi connectivity index (χ0) is 24.9. The number of hydrogen-bond donors (Lipinski definition) is 1. The second-order valence-electron chi connectivity index (χ2n) is 8.27. The van der Waals surface area contributed by atoms with Crippen molar-refractivity contribution in [2.45, 2.75) is 31.0 Å². The number of nitro groups is 1. The first-order valence-electron chi connectivity index (χ1n) is 10.6. The van der Waals surface area contributed by atoms with Crippen molar-refractivity contribution in [1.82, 2.24) is 14.8 Å². The summed E-state index contributed by atoms with van der Waals surface area (Å²) in [4.78, 5) is 27.7. The van der Waals surface area contributed by atoms with Gasteiger partial charge in [-0.1, -0.05) is 24.3 Å². The highest BCUT2D eigenvalue weighted by molar-refractivity contribution is 6.00. The van der Waals surface area contributed by atoms with E-state index in [1.807, 2.05) is 12.1 Å². The number of Topliss-reactive ketones (excluding diaryl/α,β-unsaturated/α-hetero) is 1. The minimum Gasteiger partial charge on any atom is -0.497 e. The number of allylic oxidation sites excluding steroid dienone is 2. The monoisotopic (exact) mass is 485 g/mol. The molecule has 0 spiro atoms. The van der Waals surface area contributed by atoms with Gasteiger partial charge in [0.05, 0.1) is 12.0 Å². The van der Waals surface area contributed by atoms with Crippen molar-refractivity contribution < 1.29 is 27.6 Å². The Bertz CT molecular complexity index is 1360. The zero-order valence-electron chi connectivity index (χ0n) is 18.2. The minimum atomic E-state index is -4.81. The number of nitrogens with one attached hydrogen (secondary N) is 1. The van der Waals surface area contributed by atoms with Crippen LogP contribution in [0.1, 0.15) is 41.8 Å². The van der Waals surface area contributed by atoms with Gasteiger partial charge in [-0.3, -0.25) is 14.9 Å². The SMILES string of the molecule is COc1ccc([C@H]2CC(=O)C3=C(C2)Nc2nc(C(F)(F)F)nn2[C@@H]3c2cccc([N+](=O)[O-])c2)cc1. The molecule has 0 saturated carbocycles. The van der Waals surface area contributed by atoms with Gasteiger partial charge in [-0.25, -0.2) is 4.68 Å². The van der Waals surface area contributed by atoms with Gasteiger partial charge in [-0.05, 0) is 35.6 Å². The lowest BCUT2D eigenvalue weighted by atomic mass is 9.78. The van der Waals surface area contributed by atoms with E-state index < -0.39 is 23.0 Å². The number of benzene rings is 2. The van der Waals surface area contributed by atoms with Crippen LogP contribution in [0.5, 0.6) is 5.75 Å². The van der Waals surface area contributed by atoms with Crippen LogP contribution in [0, 0.1) is 10.1 Å². The third kappa shape index (κ3) is 4.00. The third-order valence-corrected chi connectivity index (χ3v) is 6.16. The molecule has 3 aromatic rings. The van der Waals surface area contributed by atoms with E-state index in [1.54, 1.807) is 19.2 Å². The molecule has 0 fully saturated rings. The number of rotatable bonds is 4. The van der Waals surface area contributed by atoms with E-state index in [0.29, 0.717) is 17.9 Å². The summed E-state index contributed by atoms with van der Waals surface area (Å²) < 4.78 is 46.4. The van der Waals surface area contributed by atoms with Gasteiger partial charge in [-0.15, -0.1) is 5.10 Å². The summed E-state index contributed by atoms with van der Waals surface area (Å²) in [6.07, 6.45) is -4.35. The van der Waals surface area contributed by atoms with Gasteiger partial charge in [0.15, 0.2) is 5.78 Å². The van der Waals surface area contributed by atoms with Gasteiger partial charge >= 0.3 is 6.18 Å². The summed E-state index contributed by atoms with van der Waals surface area (Å²) in [5.41, 5.74) is 1.54. The Morgan fingerprint density at radius 2 is 1.89 bits per heavy atom. The Balaban J connectivity index is 1.62.